The summed E-state index contributed by atoms with van der Waals surface area (Å²) in [6.07, 6.45) is 0.629. The van der Waals surface area contributed by atoms with Crippen molar-refractivity contribution in [2.75, 3.05) is 13.2 Å². The van der Waals surface area contributed by atoms with E-state index in [0.717, 1.165) is 0 Å². The summed E-state index contributed by atoms with van der Waals surface area (Å²) in [6, 6.07) is 5.03. The van der Waals surface area contributed by atoms with Gasteiger partial charge in [-0.15, -0.1) is 0 Å². The Morgan fingerprint density at radius 3 is 2.81 bits per heavy atom. The van der Waals surface area contributed by atoms with Gasteiger partial charge in [-0.05, 0) is 46.5 Å². The zero-order valence-corrected chi connectivity index (χ0v) is 13.9. The molecule has 1 amide bonds. The van der Waals surface area contributed by atoms with Crippen LogP contribution in [-0.4, -0.2) is 30.1 Å². The highest BCUT2D eigenvalue weighted by Gasteiger charge is 2.09. The van der Waals surface area contributed by atoms with E-state index < -0.39 is 5.97 Å². The Kier molecular flexibility index (Phi) is 7.53. The molecule has 1 atom stereocenters. The van der Waals surface area contributed by atoms with E-state index in [4.69, 9.17) is 21.4 Å². The first-order valence-electron chi connectivity index (χ1n) is 6.45. The van der Waals surface area contributed by atoms with Crippen LogP contribution in [0.3, 0.4) is 0 Å². The van der Waals surface area contributed by atoms with Crippen LogP contribution in [0.5, 0.6) is 5.75 Å². The molecular weight excluding hydrogens is 362 g/mol. The zero-order valence-electron chi connectivity index (χ0n) is 11.6. The molecule has 7 heteroatoms. The number of ether oxygens (including phenoxy) is 1. The Morgan fingerprint density at radius 2 is 2.19 bits per heavy atom. The van der Waals surface area contributed by atoms with Crippen molar-refractivity contribution in [3.63, 3.8) is 0 Å². The van der Waals surface area contributed by atoms with Gasteiger partial charge in [-0.25, -0.2) is 0 Å². The van der Waals surface area contributed by atoms with E-state index in [-0.39, 0.29) is 24.9 Å². The summed E-state index contributed by atoms with van der Waals surface area (Å²) in [5, 5.41) is 11.9. The van der Waals surface area contributed by atoms with Gasteiger partial charge in [-0.3, -0.25) is 9.59 Å². The normalized spacial score (nSPS) is 11.8. The molecule has 2 N–H and O–H groups in total. The lowest BCUT2D eigenvalue weighted by Gasteiger charge is -2.12. The molecule has 0 aromatic heterocycles. The lowest BCUT2D eigenvalue weighted by molar-refractivity contribution is -0.137. The summed E-state index contributed by atoms with van der Waals surface area (Å²) in [6.45, 7) is 2.21. The van der Waals surface area contributed by atoms with Crippen LogP contribution < -0.4 is 10.1 Å². The van der Waals surface area contributed by atoms with Crippen LogP contribution in [0.25, 0.3) is 0 Å². The zero-order chi connectivity index (χ0) is 15.8. The number of halogens is 2. The Labute approximate surface area is 136 Å². The topological polar surface area (TPSA) is 75.6 Å². The number of hydrogen-bond donors (Lipinski definition) is 2. The van der Waals surface area contributed by atoms with E-state index in [1.54, 1.807) is 18.2 Å². The third-order valence-electron chi connectivity index (χ3n) is 2.75. The number of carbonyl (C=O) groups excluding carboxylic acids is 1. The van der Waals surface area contributed by atoms with Crippen molar-refractivity contribution in [3.05, 3.63) is 27.7 Å². The fraction of sp³-hybridized carbons (Fsp3) is 0.429. The maximum absolute atomic E-state index is 11.6. The molecule has 0 aliphatic rings. The van der Waals surface area contributed by atoms with Gasteiger partial charge in [0.25, 0.3) is 5.91 Å². The number of benzene rings is 1. The fourth-order valence-electron chi connectivity index (χ4n) is 1.55. The molecule has 0 aliphatic carbocycles. The first kappa shape index (κ1) is 17.8. The van der Waals surface area contributed by atoms with Gasteiger partial charge in [0, 0.05) is 18.0 Å². The van der Waals surface area contributed by atoms with Crippen LogP contribution in [-0.2, 0) is 9.59 Å². The van der Waals surface area contributed by atoms with Gasteiger partial charge in [-0.2, -0.15) is 0 Å². The lowest BCUT2D eigenvalue weighted by Crippen LogP contribution is -2.32. The van der Waals surface area contributed by atoms with Crippen LogP contribution in [0.1, 0.15) is 19.8 Å². The minimum Gasteiger partial charge on any atom is -0.483 e. The molecule has 0 fully saturated rings. The smallest absolute Gasteiger partial charge is 0.303 e. The van der Waals surface area contributed by atoms with E-state index >= 15 is 0 Å². The van der Waals surface area contributed by atoms with E-state index in [0.29, 0.717) is 28.2 Å². The van der Waals surface area contributed by atoms with Crippen molar-refractivity contribution in [2.24, 2.45) is 5.92 Å². The highest BCUT2D eigenvalue weighted by molar-refractivity contribution is 9.10. The average Bonchev–Trinajstić information content (AvgIpc) is 2.41. The largest absolute Gasteiger partial charge is 0.483 e. The second-order valence-electron chi connectivity index (χ2n) is 4.71. The van der Waals surface area contributed by atoms with E-state index in [1.165, 1.54) is 0 Å². The van der Waals surface area contributed by atoms with Crippen molar-refractivity contribution in [2.45, 2.75) is 19.8 Å². The van der Waals surface area contributed by atoms with E-state index in [9.17, 15) is 9.59 Å². The summed E-state index contributed by atoms with van der Waals surface area (Å²) in [7, 11) is 0. The summed E-state index contributed by atoms with van der Waals surface area (Å²) in [5.74, 6) is -0.441. The summed E-state index contributed by atoms with van der Waals surface area (Å²) in [4.78, 5) is 22.1. The summed E-state index contributed by atoms with van der Waals surface area (Å²) in [5.41, 5.74) is 0. The molecule has 0 saturated heterocycles. The molecular formula is C14H17BrClNO4. The molecule has 5 nitrogen and oxygen atoms in total. The van der Waals surface area contributed by atoms with Crippen LogP contribution in [0.2, 0.25) is 5.02 Å². The molecule has 1 aromatic carbocycles. The number of aliphatic carboxylic acids is 1. The molecule has 21 heavy (non-hydrogen) atoms. The Bertz CT molecular complexity index is 510. The number of hydrogen-bond acceptors (Lipinski definition) is 3. The number of carbonyl (C=O) groups is 2. The number of nitrogens with one attached hydrogen (secondary N) is 1. The Morgan fingerprint density at radius 1 is 1.48 bits per heavy atom. The van der Waals surface area contributed by atoms with Gasteiger partial charge in [0.2, 0.25) is 0 Å². The predicted octanol–water partition coefficient (Wildman–Crippen LogP) is 3.10. The number of rotatable bonds is 8. The van der Waals surface area contributed by atoms with Crippen LogP contribution >= 0.6 is 27.5 Å². The summed E-state index contributed by atoms with van der Waals surface area (Å²) >= 11 is 9.11. The van der Waals surface area contributed by atoms with Gasteiger partial charge >= 0.3 is 5.97 Å². The standard InChI is InChI=1S/C14H17BrClNO4/c1-9(2-5-14(19)20)7-17-13(18)8-21-12-4-3-10(16)6-11(12)15/h3-4,6,9H,2,5,7-8H2,1H3,(H,17,18)(H,19,20). The summed E-state index contributed by atoms with van der Waals surface area (Å²) < 4.78 is 6.05. The van der Waals surface area contributed by atoms with Gasteiger partial charge in [-0.1, -0.05) is 18.5 Å². The third kappa shape index (κ3) is 7.34. The van der Waals surface area contributed by atoms with Crippen molar-refractivity contribution in [1.82, 2.24) is 5.32 Å². The maximum Gasteiger partial charge on any atom is 0.303 e. The van der Waals surface area contributed by atoms with Gasteiger partial charge in [0.1, 0.15) is 5.75 Å². The lowest BCUT2D eigenvalue weighted by atomic mass is 10.1. The first-order chi connectivity index (χ1) is 9.88. The highest BCUT2D eigenvalue weighted by atomic mass is 79.9. The van der Waals surface area contributed by atoms with E-state index in [2.05, 4.69) is 21.2 Å². The molecule has 1 aromatic rings. The monoisotopic (exact) mass is 377 g/mol. The van der Waals surface area contributed by atoms with Gasteiger partial charge < -0.3 is 15.2 Å². The quantitative estimate of drug-likeness (QED) is 0.729. The van der Waals surface area contributed by atoms with Crippen molar-refractivity contribution < 1.29 is 19.4 Å². The van der Waals surface area contributed by atoms with Crippen molar-refractivity contribution >= 4 is 39.4 Å². The van der Waals surface area contributed by atoms with Crippen LogP contribution in [0.15, 0.2) is 22.7 Å². The predicted molar refractivity (Wildman–Crippen MR) is 83.7 cm³/mol. The molecule has 1 unspecified atom stereocenters. The molecule has 0 saturated carbocycles. The average molecular weight is 379 g/mol. The molecule has 1 rings (SSSR count). The Hall–Kier alpha value is -1.27. The molecule has 0 spiro atoms. The molecule has 0 heterocycles. The molecule has 0 radical (unpaired) electrons. The molecule has 0 aliphatic heterocycles. The van der Waals surface area contributed by atoms with Gasteiger partial charge in [0.05, 0.1) is 4.47 Å². The molecule has 0 bridgehead atoms. The highest BCUT2D eigenvalue weighted by Crippen LogP contribution is 2.27. The number of amides is 1. The molecule has 116 valence electrons. The Balaban J connectivity index is 2.29. The van der Waals surface area contributed by atoms with E-state index in [1.807, 2.05) is 6.92 Å². The second kappa shape index (κ2) is 8.89. The number of carboxylic acids is 1. The van der Waals surface area contributed by atoms with Gasteiger partial charge in [0.15, 0.2) is 6.61 Å². The van der Waals surface area contributed by atoms with Crippen LogP contribution in [0.4, 0.5) is 0 Å². The minimum absolute atomic E-state index is 0.102. The minimum atomic E-state index is -0.830. The second-order valence-corrected chi connectivity index (χ2v) is 6.00. The first-order valence-corrected chi connectivity index (χ1v) is 7.62. The number of carboxylic acid groups (broad SMARTS) is 1. The third-order valence-corrected chi connectivity index (χ3v) is 3.61. The fourth-order valence-corrected chi connectivity index (χ4v) is 2.34. The van der Waals surface area contributed by atoms with Crippen molar-refractivity contribution in [3.8, 4) is 5.75 Å². The maximum atomic E-state index is 11.6. The van der Waals surface area contributed by atoms with Crippen LogP contribution in [0, 0.1) is 5.92 Å². The van der Waals surface area contributed by atoms with Crippen molar-refractivity contribution in [1.29, 1.82) is 0 Å². The SMILES string of the molecule is CC(CCC(=O)O)CNC(=O)COc1ccc(Cl)cc1Br.